The van der Waals surface area contributed by atoms with Crippen LogP contribution in [-0.2, 0) is 18.4 Å². The Morgan fingerprint density at radius 2 is 0.827 bits per heavy atom. The van der Waals surface area contributed by atoms with E-state index in [1.807, 2.05) is 27.2 Å². The van der Waals surface area contributed by atoms with Gasteiger partial charge in [-0.1, -0.05) is 251 Å². The van der Waals surface area contributed by atoms with Gasteiger partial charge in [-0.15, -0.1) is 0 Å². The molecule has 0 spiro atoms. The summed E-state index contributed by atoms with van der Waals surface area (Å²) in [6, 6.07) is -0.923. The minimum atomic E-state index is -4.62. The molecule has 0 fully saturated rings. The molecular weight excluding hydrogens is 948 g/mol. The number of carbonyl (C=O) groups excluding carboxylic acids is 1. The third kappa shape index (κ3) is 58.4. The highest BCUT2D eigenvalue weighted by Crippen LogP contribution is 2.38. The number of phosphoric acid groups is 1. The van der Waals surface area contributed by atoms with Crippen LogP contribution in [0.2, 0.25) is 0 Å². The van der Waals surface area contributed by atoms with Gasteiger partial charge in [0.2, 0.25) is 5.91 Å². The molecule has 0 aromatic carbocycles. The number of phosphoric ester groups is 1. The van der Waals surface area contributed by atoms with E-state index < -0.39 is 26.6 Å². The van der Waals surface area contributed by atoms with Crippen molar-refractivity contribution in [3.05, 3.63) is 122 Å². The van der Waals surface area contributed by atoms with E-state index in [1.165, 1.54) is 116 Å². The first-order valence-electron chi connectivity index (χ1n) is 30.4. The summed E-state index contributed by atoms with van der Waals surface area (Å²) >= 11 is 0. The average Bonchev–Trinajstić information content (AvgIpc) is 3.37. The Morgan fingerprint density at radius 1 is 0.480 bits per heavy atom. The fourth-order valence-corrected chi connectivity index (χ4v) is 8.89. The maximum Gasteiger partial charge on any atom is 0.268 e. The summed E-state index contributed by atoms with van der Waals surface area (Å²) in [6.07, 6.45) is 82.8. The number of nitrogens with one attached hydrogen (secondary N) is 1. The number of hydrogen-bond acceptors (Lipinski definition) is 6. The lowest BCUT2D eigenvalue weighted by molar-refractivity contribution is -0.870. The van der Waals surface area contributed by atoms with Crippen molar-refractivity contribution in [3.63, 3.8) is 0 Å². The molecule has 0 rings (SSSR count). The fraction of sp³-hybridized carbons (Fsp3) is 0.682. The molecule has 0 aliphatic carbocycles. The first-order chi connectivity index (χ1) is 36.5. The van der Waals surface area contributed by atoms with Crippen molar-refractivity contribution in [2.75, 3.05) is 40.9 Å². The molecule has 3 unspecified atom stereocenters. The van der Waals surface area contributed by atoms with Crippen molar-refractivity contribution in [2.24, 2.45) is 0 Å². The van der Waals surface area contributed by atoms with Crippen molar-refractivity contribution >= 4 is 13.7 Å². The van der Waals surface area contributed by atoms with E-state index in [0.717, 1.165) is 103 Å². The molecule has 0 aliphatic rings. The summed E-state index contributed by atoms with van der Waals surface area (Å²) in [6.45, 7) is 4.50. The van der Waals surface area contributed by atoms with Crippen LogP contribution in [0.5, 0.6) is 0 Å². The Morgan fingerprint density at radius 3 is 1.24 bits per heavy atom. The maximum atomic E-state index is 13.0. The Kier molecular flexibility index (Phi) is 53.3. The number of likely N-dealkylation sites (N-methyl/N-ethyl adjacent to an activating group) is 1. The molecule has 3 atom stereocenters. The van der Waals surface area contributed by atoms with Crippen molar-refractivity contribution in [2.45, 2.75) is 251 Å². The second kappa shape index (κ2) is 55.6. The van der Waals surface area contributed by atoms with Gasteiger partial charge >= 0.3 is 0 Å². The highest BCUT2D eigenvalue weighted by atomic mass is 31.2. The molecule has 0 saturated heterocycles. The molecule has 2 N–H and O–H groups in total. The van der Waals surface area contributed by atoms with Gasteiger partial charge in [0.25, 0.3) is 7.82 Å². The Labute approximate surface area is 463 Å². The van der Waals surface area contributed by atoms with Crippen LogP contribution in [0.3, 0.4) is 0 Å². The molecule has 0 radical (unpaired) electrons. The average molecular weight is 1060 g/mol. The molecule has 430 valence electrons. The van der Waals surface area contributed by atoms with Gasteiger partial charge in [0.1, 0.15) is 13.2 Å². The summed E-state index contributed by atoms with van der Waals surface area (Å²) in [4.78, 5) is 25.5. The number of hydrogen-bond donors (Lipinski definition) is 2. The monoisotopic (exact) mass is 1060 g/mol. The van der Waals surface area contributed by atoms with Gasteiger partial charge in [-0.05, 0) is 103 Å². The smallest absolute Gasteiger partial charge is 0.268 e. The number of rotatable bonds is 54. The van der Waals surface area contributed by atoms with Gasteiger partial charge in [0.05, 0.1) is 39.9 Å². The van der Waals surface area contributed by atoms with E-state index in [2.05, 4.69) is 129 Å². The highest BCUT2D eigenvalue weighted by molar-refractivity contribution is 7.45. The number of unbranched alkanes of at least 4 members (excludes halogenated alkanes) is 23. The number of aliphatic hydroxyl groups is 1. The lowest BCUT2D eigenvalue weighted by Gasteiger charge is -2.29. The van der Waals surface area contributed by atoms with Crippen LogP contribution in [-0.4, -0.2) is 68.5 Å². The van der Waals surface area contributed by atoms with E-state index in [4.69, 9.17) is 9.05 Å². The SMILES string of the molecule is CC/C=C\C/C=C\C/C=C\C/C=C\C/C=C\C/C=C\C/C=C\CCCCCCCCCCCC(=O)NC(COP(=O)([O-])OCC[N+](C)(C)C)C(O)/C=C/CC/C=C/CC/C=C/CCCCCCCCCCCCCC. The Hall–Kier alpha value is -3.10. The molecule has 1 amide bonds. The number of allylic oxidation sites excluding steroid dienone is 19. The van der Waals surface area contributed by atoms with Gasteiger partial charge < -0.3 is 28.8 Å². The lowest BCUT2D eigenvalue weighted by atomic mass is 10.0. The number of aliphatic hydroxyl groups excluding tert-OH is 1. The highest BCUT2D eigenvalue weighted by Gasteiger charge is 2.23. The van der Waals surface area contributed by atoms with E-state index in [-0.39, 0.29) is 12.5 Å². The fourth-order valence-electron chi connectivity index (χ4n) is 8.16. The molecule has 0 aromatic heterocycles. The molecule has 0 aromatic rings. The van der Waals surface area contributed by atoms with Gasteiger partial charge in [-0.25, -0.2) is 0 Å². The summed E-state index contributed by atoms with van der Waals surface area (Å²) in [7, 11) is 1.22. The van der Waals surface area contributed by atoms with Crippen molar-refractivity contribution in [1.82, 2.24) is 5.32 Å². The number of quaternary nitrogens is 1. The molecule has 0 aliphatic heterocycles. The Balaban J connectivity index is 4.28. The second-order valence-electron chi connectivity index (χ2n) is 21.3. The summed E-state index contributed by atoms with van der Waals surface area (Å²) in [5.74, 6) is -0.222. The van der Waals surface area contributed by atoms with Gasteiger partial charge in [0, 0.05) is 6.42 Å². The Bertz CT molecular complexity index is 1630. The summed E-state index contributed by atoms with van der Waals surface area (Å²) < 4.78 is 23.3. The van der Waals surface area contributed by atoms with Gasteiger partial charge in [-0.2, -0.15) is 0 Å². The third-order valence-electron chi connectivity index (χ3n) is 12.9. The molecule has 0 saturated carbocycles. The van der Waals surface area contributed by atoms with Crippen LogP contribution in [0.25, 0.3) is 0 Å². The standard InChI is InChI=1S/C66H115N2O6P/c1-6-8-10-12-14-16-18-20-22-24-26-28-30-31-32-33-34-35-36-37-38-40-42-44-46-48-50-52-54-56-58-60-66(70)67-64(63-74-75(71,72)73-62-61-68(3,4)5)65(69)59-57-55-53-51-49-47-45-43-41-39-29-27-25-23-21-19-17-15-13-11-9-7-2/h8,10,14,16,20,22,26,28,31-32,34-35,37-38,41,43,49,51,57,59,64-65,69H,6-7,9,11-13,15,17-19,21,23-25,27,29-30,33,36,39-40,42,44-48,50,52-56,58,60-63H2,1-5H3,(H-,67,70,71,72)/b10-8-,16-14-,22-20-,28-26-,32-31-,35-34-,38-37-,43-41+,51-49+,59-57+. The molecule has 9 heteroatoms. The topological polar surface area (TPSA) is 108 Å². The summed E-state index contributed by atoms with van der Waals surface area (Å²) in [5.41, 5.74) is 0. The predicted molar refractivity (Wildman–Crippen MR) is 325 cm³/mol. The zero-order valence-electron chi connectivity index (χ0n) is 49.0. The number of amides is 1. The van der Waals surface area contributed by atoms with E-state index in [9.17, 15) is 19.4 Å². The van der Waals surface area contributed by atoms with Gasteiger partial charge in [-0.3, -0.25) is 9.36 Å². The van der Waals surface area contributed by atoms with E-state index in [1.54, 1.807) is 6.08 Å². The first-order valence-corrected chi connectivity index (χ1v) is 31.9. The molecular formula is C66H115N2O6P. The van der Waals surface area contributed by atoms with Crippen LogP contribution < -0.4 is 10.2 Å². The first kappa shape index (κ1) is 71.9. The van der Waals surface area contributed by atoms with Gasteiger partial charge in [0.15, 0.2) is 0 Å². The number of nitrogens with zero attached hydrogens (tertiary/aromatic N) is 1. The quantitative estimate of drug-likeness (QED) is 0.0272. The van der Waals surface area contributed by atoms with Crippen LogP contribution in [0, 0.1) is 0 Å². The van der Waals surface area contributed by atoms with Crippen LogP contribution in [0.15, 0.2) is 122 Å². The van der Waals surface area contributed by atoms with Crippen LogP contribution >= 0.6 is 7.82 Å². The molecule has 75 heavy (non-hydrogen) atoms. The van der Waals surface area contributed by atoms with Crippen molar-refractivity contribution in [1.29, 1.82) is 0 Å². The number of carbonyl (C=O) groups is 1. The van der Waals surface area contributed by atoms with Crippen LogP contribution in [0.4, 0.5) is 0 Å². The van der Waals surface area contributed by atoms with E-state index in [0.29, 0.717) is 17.4 Å². The van der Waals surface area contributed by atoms with Crippen molar-refractivity contribution < 1.29 is 32.9 Å². The second-order valence-corrected chi connectivity index (χ2v) is 22.7. The maximum absolute atomic E-state index is 13.0. The minimum Gasteiger partial charge on any atom is -0.756 e. The zero-order valence-corrected chi connectivity index (χ0v) is 49.8. The molecule has 0 bridgehead atoms. The normalized spacial score (nSPS) is 14.7. The molecule has 0 heterocycles. The van der Waals surface area contributed by atoms with Crippen molar-refractivity contribution in [3.8, 4) is 0 Å². The molecule has 8 nitrogen and oxygen atoms in total. The summed E-state index contributed by atoms with van der Waals surface area (Å²) in [5, 5.41) is 13.9. The van der Waals surface area contributed by atoms with Crippen LogP contribution in [0.1, 0.15) is 239 Å². The lowest BCUT2D eigenvalue weighted by Crippen LogP contribution is -2.45. The largest absolute Gasteiger partial charge is 0.756 e. The zero-order chi connectivity index (χ0) is 54.9. The van der Waals surface area contributed by atoms with E-state index >= 15 is 0 Å². The third-order valence-corrected chi connectivity index (χ3v) is 13.8. The predicted octanol–water partition coefficient (Wildman–Crippen LogP) is 18.3. The minimum absolute atomic E-state index is 0.0164.